The van der Waals surface area contributed by atoms with Crippen LogP contribution in [0.3, 0.4) is 0 Å². The van der Waals surface area contributed by atoms with Gasteiger partial charge in [0, 0.05) is 44.0 Å². The van der Waals surface area contributed by atoms with Crippen molar-refractivity contribution in [3.05, 3.63) is 18.0 Å². The molecular weight excluding hydrogens is 352 g/mol. The molecule has 1 spiro atoms. The van der Waals surface area contributed by atoms with Gasteiger partial charge in [-0.2, -0.15) is 5.10 Å². The van der Waals surface area contributed by atoms with E-state index in [1.165, 1.54) is 44.5 Å². The van der Waals surface area contributed by atoms with Crippen LogP contribution < -0.4 is 0 Å². The highest BCUT2D eigenvalue weighted by Crippen LogP contribution is 2.51. The van der Waals surface area contributed by atoms with Gasteiger partial charge >= 0.3 is 6.09 Å². The van der Waals surface area contributed by atoms with Gasteiger partial charge in [0.2, 0.25) is 0 Å². The predicted molar refractivity (Wildman–Crippen MR) is 103 cm³/mol. The summed E-state index contributed by atoms with van der Waals surface area (Å²) in [5.74, 6) is 0.656. The first kappa shape index (κ1) is 19.5. The number of rotatable bonds is 3. The van der Waals surface area contributed by atoms with Gasteiger partial charge in [-0.05, 0) is 63.6 Å². The fraction of sp³-hybridized carbons (Fsp3) is 0.789. The number of ether oxygens (including phenoxy) is 1. The van der Waals surface area contributed by atoms with Crippen LogP contribution in [-0.2, 0) is 11.8 Å². The summed E-state index contributed by atoms with van der Waals surface area (Å²) in [4.78, 5) is 16.5. The molecule has 2 saturated heterocycles. The predicted octanol–water partition coefficient (Wildman–Crippen LogP) is 3.03. The van der Waals surface area contributed by atoms with Crippen LogP contribution in [0.5, 0.6) is 0 Å². The van der Waals surface area contributed by atoms with Crippen molar-refractivity contribution < 1.29 is 9.53 Å². The molecule has 0 unspecified atom stereocenters. The molecule has 1 saturated carbocycles. The number of piperidine rings is 1. The zero-order valence-electron chi connectivity index (χ0n) is 15.9. The summed E-state index contributed by atoms with van der Waals surface area (Å²) < 4.78 is 7.19. The Labute approximate surface area is 162 Å². The van der Waals surface area contributed by atoms with E-state index in [-0.39, 0.29) is 18.5 Å². The second kappa shape index (κ2) is 7.77. The topological polar surface area (TPSA) is 50.6 Å². The van der Waals surface area contributed by atoms with Crippen molar-refractivity contribution in [1.82, 2.24) is 19.6 Å². The number of carbonyl (C=O) groups is 1. The number of amides is 1. The minimum atomic E-state index is -0.125. The number of carbonyl (C=O) groups excluding carboxylic acids is 1. The van der Waals surface area contributed by atoms with E-state index >= 15 is 0 Å². The molecular formula is C19H31ClN4O2. The summed E-state index contributed by atoms with van der Waals surface area (Å²) in [6.07, 6.45) is 7.90. The fourth-order valence-electron chi connectivity index (χ4n) is 5.18. The van der Waals surface area contributed by atoms with Crippen LogP contribution in [0.4, 0.5) is 4.79 Å². The van der Waals surface area contributed by atoms with E-state index in [1.807, 2.05) is 29.7 Å². The number of hydrogen-bond donors (Lipinski definition) is 0. The van der Waals surface area contributed by atoms with Gasteiger partial charge in [0.25, 0.3) is 0 Å². The summed E-state index contributed by atoms with van der Waals surface area (Å²) in [6, 6.07) is 2.89. The Hall–Kier alpha value is -1.27. The van der Waals surface area contributed by atoms with Crippen molar-refractivity contribution >= 4 is 18.5 Å². The molecule has 6 nitrogen and oxygen atoms in total. The molecule has 3 fully saturated rings. The smallest absolute Gasteiger partial charge is 0.409 e. The Morgan fingerprint density at radius 3 is 2.65 bits per heavy atom. The molecule has 0 radical (unpaired) electrons. The van der Waals surface area contributed by atoms with Gasteiger partial charge in [-0.15, -0.1) is 12.4 Å². The van der Waals surface area contributed by atoms with Crippen molar-refractivity contribution in [2.24, 2.45) is 12.5 Å². The molecule has 26 heavy (non-hydrogen) atoms. The number of aromatic nitrogens is 2. The summed E-state index contributed by atoms with van der Waals surface area (Å²) in [5.41, 5.74) is 1.75. The van der Waals surface area contributed by atoms with Gasteiger partial charge in [-0.25, -0.2) is 4.79 Å². The van der Waals surface area contributed by atoms with Gasteiger partial charge < -0.3 is 14.5 Å². The number of nitrogens with zero attached hydrogens (tertiary/aromatic N) is 4. The lowest BCUT2D eigenvalue weighted by molar-refractivity contribution is -0.00503. The largest absolute Gasteiger partial charge is 0.450 e. The molecule has 4 rings (SSSR count). The molecule has 0 atom stereocenters. The van der Waals surface area contributed by atoms with E-state index in [4.69, 9.17) is 4.74 Å². The molecule has 1 aromatic rings. The molecule has 3 heterocycles. The minimum Gasteiger partial charge on any atom is -0.450 e. The summed E-state index contributed by atoms with van der Waals surface area (Å²) in [7, 11) is 2.05. The van der Waals surface area contributed by atoms with Crippen LogP contribution >= 0.6 is 12.4 Å². The maximum atomic E-state index is 11.9. The maximum Gasteiger partial charge on any atom is 0.409 e. The molecule has 1 amide bonds. The lowest BCUT2D eigenvalue weighted by Crippen LogP contribution is -2.54. The Balaban J connectivity index is 0.00000196. The molecule has 2 aliphatic heterocycles. The minimum absolute atomic E-state index is 0. The molecule has 1 aliphatic carbocycles. The first-order chi connectivity index (χ1) is 12.1. The van der Waals surface area contributed by atoms with Crippen molar-refractivity contribution in [3.63, 3.8) is 0 Å². The lowest BCUT2D eigenvalue weighted by atomic mass is 9.64. The van der Waals surface area contributed by atoms with E-state index in [9.17, 15) is 4.79 Å². The van der Waals surface area contributed by atoms with E-state index in [2.05, 4.69) is 16.1 Å². The van der Waals surface area contributed by atoms with Crippen LogP contribution in [0.1, 0.15) is 50.6 Å². The highest BCUT2D eigenvalue weighted by atomic mass is 35.5. The van der Waals surface area contributed by atoms with Gasteiger partial charge in [-0.1, -0.05) is 0 Å². The van der Waals surface area contributed by atoms with E-state index in [0.29, 0.717) is 17.9 Å². The van der Waals surface area contributed by atoms with Crippen LogP contribution in [0.2, 0.25) is 0 Å². The third-order valence-corrected chi connectivity index (χ3v) is 6.62. The Kier molecular flexibility index (Phi) is 5.82. The molecule has 146 valence electrons. The second-order valence-corrected chi connectivity index (χ2v) is 8.12. The van der Waals surface area contributed by atoms with Gasteiger partial charge in [-0.3, -0.25) is 4.68 Å². The van der Waals surface area contributed by atoms with Crippen LogP contribution in [0, 0.1) is 5.41 Å². The van der Waals surface area contributed by atoms with Crippen LogP contribution in [0.25, 0.3) is 0 Å². The molecule has 3 aliphatic rings. The average Bonchev–Trinajstić information content (AvgIpc) is 3.21. The van der Waals surface area contributed by atoms with Crippen molar-refractivity contribution in [2.45, 2.75) is 51.0 Å². The van der Waals surface area contributed by atoms with Crippen molar-refractivity contribution in [3.8, 4) is 0 Å². The number of likely N-dealkylation sites (tertiary alicyclic amines) is 2. The third kappa shape index (κ3) is 3.58. The number of halogens is 1. The van der Waals surface area contributed by atoms with E-state index in [0.717, 1.165) is 25.6 Å². The Morgan fingerprint density at radius 1 is 1.31 bits per heavy atom. The lowest BCUT2D eigenvalue weighted by Gasteiger charge is -2.51. The monoisotopic (exact) mass is 382 g/mol. The van der Waals surface area contributed by atoms with Crippen molar-refractivity contribution in [1.29, 1.82) is 0 Å². The summed E-state index contributed by atoms with van der Waals surface area (Å²) in [6.45, 7) is 6.49. The van der Waals surface area contributed by atoms with Gasteiger partial charge in [0.15, 0.2) is 0 Å². The second-order valence-electron chi connectivity index (χ2n) is 8.12. The Bertz CT molecular complexity index is 621. The standard InChI is InChI=1S/C19H30N4O2.ClH/c1-3-25-18(24)23-11-7-19(14-23)12-16(13-19)22-9-5-15(6-10-22)17-4-8-20-21(17)2;/h4,8,15-16H,3,5-7,9-14H2,1-2H3;1H. The average molecular weight is 383 g/mol. The molecule has 0 aromatic carbocycles. The highest BCUT2D eigenvalue weighted by molar-refractivity contribution is 5.85. The summed E-state index contributed by atoms with van der Waals surface area (Å²) in [5, 5.41) is 4.32. The van der Waals surface area contributed by atoms with Crippen LogP contribution in [-0.4, -0.2) is 64.5 Å². The highest BCUT2D eigenvalue weighted by Gasteiger charge is 2.51. The Morgan fingerprint density at radius 2 is 2.04 bits per heavy atom. The normalized spacial score (nSPS) is 29.5. The first-order valence-corrected chi connectivity index (χ1v) is 9.74. The quantitative estimate of drug-likeness (QED) is 0.806. The molecule has 0 bridgehead atoms. The third-order valence-electron chi connectivity index (χ3n) is 6.62. The SMILES string of the molecule is CCOC(=O)N1CCC2(CC(N3CCC(c4ccnn4C)CC3)C2)C1.Cl. The summed E-state index contributed by atoms with van der Waals surface area (Å²) >= 11 is 0. The molecule has 1 aromatic heterocycles. The van der Waals surface area contributed by atoms with Gasteiger partial charge in [0.1, 0.15) is 0 Å². The number of hydrogen-bond acceptors (Lipinski definition) is 4. The van der Waals surface area contributed by atoms with Crippen LogP contribution in [0.15, 0.2) is 12.3 Å². The fourth-order valence-corrected chi connectivity index (χ4v) is 5.18. The van der Waals surface area contributed by atoms with E-state index in [1.54, 1.807) is 0 Å². The number of aryl methyl sites for hydroxylation is 1. The van der Waals surface area contributed by atoms with E-state index < -0.39 is 0 Å². The molecule has 7 heteroatoms. The van der Waals surface area contributed by atoms with Crippen molar-refractivity contribution in [2.75, 3.05) is 32.8 Å². The zero-order valence-corrected chi connectivity index (χ0v) is 16.7. The maximum absolute atomic E-state index is 11.9. The zero-order chi connectivity index (χ0) is 17.4. The van der Waals surface area contributed by atoms with Gasteiger partial charge in [0.05, 0.1) is 6.61 Å². The first-order valence-electron chi connectivity index (χ1n) is 9.74. The molecule has 0 N–H and O–H groups in total.